The summed E-state index contributed by atoms with van der Waals surface area (Å²) in [5, 5.41) is 1.93. The second-order valence-corrected chi connectivity index (χ2v) is 9.32. The zero-order valence-corrected chi connectivity index (χ0v) is 19.3. The monoisotopic (exact) mass is 454 g/mol. The number of allylic oxidation sites excluding steroid dienone is 1. The van der Waals surface area contributed by atoms with E-state index in [9.17, 15) is 9.59 Å². The zero-order chi connectivity index (χ0) is 22.1. The van der Waals surface area contributed by atoms with Crippen molar-refractivity contribution in [2.75, 3.05) is 7.11 Å². The lowest BCUT2D eigenvalue weighted by molar-refractivity contribution is -0.143. The van der Waals surface area contributed by atoms with E-state index in [1.807, 2.05) is 47.9 Å². The third kappa shape index (κ3) is 4.13. The molecule has 8 heteroatoms. The Labute approximate surface area is 187 Å². The summed E-state index contributed by atoms with van der Waals surface area (Å²) in [6, 6.07) is 10.8. The van der Waals surface area contributed by atoms with Crippen LogP contribution in [-0.2, 0) is 9.53 Å². The molecule has 0 bridgehead atoms. The van der Waals surface area contributed by atoms with Crippen molar-refractivity contribution in [3.05, 3.63) is 83.2 Å². The second kappa shape index (κ2) is 8.64. The fourth-order valence-electron chi connectivity index (χ4n) is 3.46. The largest absolute Gasteiger partial charge is 0.497 e. The number of hydrogen-bond acceptors (Lipinski definition) is 7. The van der Waals surface area contributed by atoms with Crippen LogP contribution in [0.2, 0.25) is 0 Å². The molecule has 0 saturated heterocycles. The minimum Gasteiger partial charge on any atom is -0.497 e. The summed E-state index contributed by atoms with van der Waals surface area (Å²) in [7, 11) is 1.61. The predicted octanol–water partition coefficient (Wildman–Crippen LogP) is 3.26. The maximum Gasteiger partial charge on any atom is 0.338 e. The molecule has 31 heavy (non-hydrogen) atoms. The fourth-order valence-corrected chi connectivity index (χ4v) is 5.33. The zero-order valence-electron chi connectivity index (χ0n) is 17.6. The van der Waals surface area contributed by atoms with Crippen molar-refractivity contribution >= 4 is 34.7 Å². The summed E-state index contributed by atoms with van der Waals surface area (Å²) >= 11 is 2.80. The molecule has 0 unspecified atom stereocenters. The molecule has 1 aromatic carbocycles. The molecule has 3 heterocycles. The fraction of sp³-hybridized carbons (Fsp3) is 0.261. The van der Waals surface area contributed by atoms with Crippen LogP contribution < -0.4 is 19.6 Å². The number of carbonyl (C=O) groups is 1. The van der Waals surface area contributed by atoms with Gasteiger partial charge < -0.3 is 9.47 Å². The molecule has 0 spiro atoms. The number of esters is 1. The third-order valence-electron chi connectivity index (χ3n) is 4.79. The van der Waals surface area contributed by atoms with Crippen molar-refractivity contribution in [1.29, 1.82) is 0 Å². The van der Waals surface area contributed by atoms with E-state index in [0.29, 0.717) is 26.4 Å². The SMILES string of the molecule is COc1cccc(/C=c2/sc3n(c2=O)[C@H](c2cccs2)C(C(=O)OC(C)C)=C(C)N=3)c1. The molecule has 1 atom stereocenters. The maximum atomic E-state index is 13.5. The van der Waals surface area contributed by atoms with Crippen LogP contribution in [0.5, 0.6) is 5.75 Å². The van der Waals surface area contributed by atoms with Crippen molar-refractivity contribution in [2.45, 2.75) is 32.9 Å². The van der Waals surface area contributed by atoms with Crippen LogP contribution in [0.1, 0.15) is 37.3 Å². The molecule has 160 valence electrons. The molecule has 0 radical (unpaired) electrons. The van der Waals surface area contributed by atoms with Crippen molar-refractivity contribution in [2.24, 2.45) is 4.99 Å². The topological polar surface area (TPSA) is 69.9 Å². The summed E-state index contributed by atoms with van der Waals surface area (Å²) in [4.78, 5) is 32.4. The number of carbonyl (C=O) groups excluding carboxylic acids is 1. The van der Waals surface area contributed by atoms with Gasteiger partial charge in [0.2, 0.25) is 0 Å². The first-order valence-electron chi connectivity index (χ1n) is 9.80. The van der Waals surface area contributed by atoms with Gasteiger partial charge in [-0.15, -0.1) is 11.3 Å². The van der Waals surface area contributed by atoms with Crippen LogP contribution in [0.15, 0.2) is 62.8 Å². The highest BCUT2D eigenvalue weighted by Crippen LogP contribution is 2.33. The number of ether oxygens (including phenoxy) is 2. The minimum atomic E-state index is -0.560. The summed E-state index contributed by atoms with van der Waals surface area (Å²) in [6.45, 7) is 5.39. The van der Waals surface area contributed by atoms with E-state index in [0.717, 1.165) is 10.4 Å². The van der Waals surface area contributed by atoms with Crippen molar-refractivity contribution in [3.8, 4) is 5.75 Å². The molecule has 0 saturated carbocycles. The third-order valence-corrected chi connectivity index (χ3v) is 6.70. The van der Waals surface area contributed by atoms with E-state index in [4.69, 9.17) is 9.47 Å². The smallest absolute Gasteiger partial charge is 0.338 e. The Balaban J connectivity index is 1.91. The van der Waals surface area contributed by atoms with E-state index < -0.39 is 12.0 Å². The summed E-state index contributed by atoms with van der Waals surface area (Å²) in [6.07, 6.45) is 1.55. The Morgan fingerprint density at radius 1 is 1.26 bits per heavy atom. The molecule has 0 aliphatic carbocycles. The molecule has 2 aromatic heterocycles. The van der Waals surface area contributed by atoms with Crippen LogP contribution in [0.25, 0.3) is 6.08 Å². The number of benzene rings is 1. The average molecular weight is 455 g/mol. The van der Waals surface area contributed by atoms with Crippen LogP contribution >= 0.6 is 22.7 Å². The van der Waals surface area contributed by atoms with E-state index in [2.05, 4.69) is 4.99 Å². The van der Waals surface area contributed by atoms with E-state index in [1.54, 1.807) is 32.4 Å². The predicted molar refractivity (Wildman–Crippen MR) is 122 cm³/mol. The normalized spacial score (nSPS) is 16.3. The second-order valence-electron chi connectivity index (χ2n) is 7.33. The first-order chi connectivity index (χ1) is 14.9. The van der Waals surface area contributed by atoms with Gasteiger partial charge in [-0.3, -0.25) is 9.36 Å². The molecular weight excluding hydrogens is 432 g/mol. The highest BCUT2D eigenvalue weighted by Gasteiger charge is 2.34. The minimum absolute atomic E-state index is 0.188. The molecule has 0 N–H and O–H groups in total. The van der Waals surface area contributed by atoms with Crippen LogP contribution in [0.3, 0.4) is 0 Å². The van der Waals surface area contributed by atoms with Crippen LogP contribution in [0, 0.1) is 0 Å². The van der Waals surface area contributed by atoms with Gasteiger partial charge in [-0.25, -0.2) is 9.79 Å². The summed E-state index contributed by atoms with van der Waals surface area (Å²) < 4.78 is 12.9. The van der Waals surface area contributed by atoms with Gasteiger partial charge in [-0.1, -0.05) is 29.5 Å². The Morgan fingerprint density at radius 3 is 2.74 bits per heavy atom. The Bertz CT molecular complexity index is 1330. The molecule has 4 rings (SSSR count). The lowest BCUT2D eigenvalue weighted by atomic mass is 10.0. The van der Waals surface area contributed by atoms with Gasteiger partial charge in [-0.2, -0.15) is 0 Å². The summed E-state index contributed by atoms with van der Waals surface area (Å²) in [5.41, 5.74) is 1.63. The number of rotatable bonds is 5. The van der Waals surface area contributed by atoms with Crippen molar-refractivity contribution in [3.63, 3.8) is 0 Å². The lowest BCUT2D eigenvalue weighted by Gasteiger charge is -2.24. The lowest BCUT2D eigenvalue weighted by Crippen LogP contribution is -2.39. The molecule has 0 fully saturated rings. The van der Waals surface area contributed by atoms with Crippen LogP contribution in [0.4, 0.5) is 0 Å². The molecule has 3 aromatic rings. The molecule has 1 aliphatic heterocycles. The number of thiazole rings is 1. The number of hydrogen-bond donors (Lipinski definition) is 0. The Morgan fingerprint density at radius 2 is 2.06 bits per heavy atom. The van der Waals surface area contributed by atoms with E-state index >= 15 is 0 Å². The summed E-state index contributed by atoms with van der Waals surface area (Å²) in [5.74, 6) is 0.268. The van der Waals surface area contributed by atoms with Gasteiger partial charge in [-0.05, 0) is 56.0 Å². The Hall–Kier alpha value is -2.97. The standard InChI is InChI=1S/C23H22N2O4S2/c1-13(2)29-22(27)19-14(3)24-23-25(20(19)17-9-6-10-30-17)21(26)18(31-23)12-15-7-5-8-16(11-15)28-4/h5-13,20H,1-4H3/b18-12+/t20-/m1/s1. The van der Waals surface area contributed by atoms with E-state index in [-0.39, 0.29) is 11.7 Å². The molecule has 6 nitrogen and oxygen atoms in total. The first kappa shape index (κ1) is 21.3. The van der Waals surface area contributed by atoms with Gasteiger partial charge in [0.05, 0.1) is 29.0 Å². The molecule has 0 amide bonds. The number of aromatic nitrogens is 1. The quantitative estimate of drug-likeness (QED) is 0.555. The van der Waals surface area contributed by atoms with E-state index in [1.165, 1.54) is 22.7 Å². The van der Waals surface area contributed by atoms with Gasteiger partial charge in [0, 0.05) is 4.88 Å². The van der Waals surface area contributed by atoms with Gasteiger partial charge in [0.15, 0.2) is 4.80 Å². The molecule has 1 aliphatic rings. The average Bonchev–Trinajstić information content (AvgIpc) is 3.35. The number of thiophene rings is 1. The number of nitrogens with zero attached hydrogens (tertiary/aromatic N) is 2. The van der Waals surface area contributed by atoms with Gasteiger partial charge in [0.25, 0.3) is 5.56 Å². The molecular formula is C23H22N2O4S2. The van der Waals surface area contributed by atoms with Crippen LogP contribution in [-0.4, -0.2) is 23.8 Å². The first-order valence-corrected chi connectivity index (χ1v) is 11.5. The highest BCUT2D eigenvalue weighted by molar-refractivity contribution is 7.10. The highest BCUT2D eigenvalue weighted by atomic mass is 32.1. The van der Waals surface area contributed by atoms with Crippen molar-refractivity contribution in [1.82, 2.24) is 4.57 Å². The van der Waals surface area contributed by atoms with Crippen molar-refractivity contribution < 1.29 is 14.3 Å². The maximum absolute atomic E-state index is 13.5. The Kier molecular flexibility index (Phi) is 5.93. The van der Waals surface area contributed by atoms with Gasteiger partial charge in [0.1, 0.15) is 11.8 Å². The number of methoxy groups -OCH3 is 1. The number of fused-ring (bicyclic) bond motifs is 1. The van der Waals surface area contributed by atoms with Gasteiger partial charge >= 0.3 is 5.97 Å².